The Bertz CT molecular complexity index is 401. The number of hydrogen-bond donors (Lipinski definition) is 0. The van der Waals surface area contributed by atoms with E-state index in [1.165, 1.54) is 0 Å². The van der Waals surface area contributed by atoms with Gasteiger partial charge < -0.3 is 0 Å². The molecular formula is C6HCl3S2. The van der Waals surface area contributed by atoms with Crippen LogP contribution in [-0.4, -0.2) is 0 Å². The second-order valence-corrected chi connectivity index (χ2v) is 5.32. The molecule has 11 heavy (non-hydrogen) atoms. The molecule has 0 bridgehead atoms. The third-order valence-electron chi connectivity index (χ3n) is 1.29. The van der Waals surface area contributed by atoms with Crippen LogP contribution in [0.15, 0.2) is 6.07 Å². The van der Waals surface area contributed by atoms with E-state index >= 15 is 0 Å². The maximum absolute atomic E-state index is 5.88. The van der Waals surface area contributed by atoms with Crippen LogP contribution < -0.4 is 0 Å². The van der Waals surface area contributed by atoms with Crippen LogP contribution in [0.5, 0.6) is 0 Å². The topological polar surface area (TPSA) is 0 Å². The minimum absolute atomic E-state index is 0.531. The smallest absolute Gasteiger partial charge is 0.0788 e. The van der Waals surface area contributed by atoms with Crippen molar-refractivity contribution in [2.45, 2.75) is 0 Å². The second kappa shape index (κ2) is 2.79. The molecule has 2 aromatic rings. The van der Waals surface area contributed by atoms with Gasteiger partial charge in [-0.25, -0.2) is 0 Å². The van der Waals surface area contributed by atoms with Crippen molar-refractivity contribution in [3.05, 3.63) is 21.1 Å². The van der Waals surface area contributed by atoms with Crippen LogP contribution in [0, 0.1) is 0 Å². The van der Waals surface area contributed by atoms with Crippen LogP contribution in [0.25, 0.3) is 9.40 Å². The molecule has 5 heteroatoms. The molecule has 0 aliphatic rings. The minimum atomic E-state index is 0.531. The van der Waals surface area contributed by atoms with Crippen molar-refractivity contribution in [2.75, 3.05) is 0 Å². The highest BCUT2D eigenvalue weighted by Gasteiger charge is 2.11. The quantitative estimate of drug-likeness (QED) is 0.455. The minimum Gasteiger partial charge on any atom is -0.0827 e. The highest BCUT2D eigenvalue weighted by molar-refractivity contribution is 7.78. The van der Waals surface area contributed by atoms with Crippen LogP contribution >= 0.6 is 55.5 Å². The van der Waals surface area contributed by atoms with Crippen LogP contribution in [-0.2, 0) is 0 Å². The van der Waals surface area contributed by atoms with E-state index < -0.39 is 0 Å². The molecule has 0 N–H and O–H groups in total. The summed E-state index contributed by atoms with van der Waals surface area (Å²) in [5, 5.41) is 1.84. The second-order valence-electron chi connectivity index (χ2n) is 1.98. The molecule has 0 spiro atoms. The fraction of sp³-hybridized carbons (Fsp3) is 0. The van der Waals surface area contributed by atoms with Crippen LogP contribution in [0.3, 0.4) is 0 Å². The molecule has 0 atom stereocenters. The summed E-state index contributed by atoms with van der Waals surface area (Å²) < 4.78 is 2.06. The zero-order chi connectivity index (χ0) is 8.01. The summed E-state index contributed by atoms with van der Waals surface area (Å²) in [5.41, 5.74) is 0. The molecule has 0 saturated carbocycles. The predicted octanol–water partition coefficient (Wildman–Crippen LogP) is 4.92. The van der Waals surface area contributed by atoms with E-state index in [0.717, 1.165) is 9.40 Å². The van der Waals surface area contributed by atoms with E-state index in [1.807, 2.05) is 0 Å². The average molecular weight is 244 g/mol. The van der Waals surface area contributed by atoms with Crippen molar-refractivity contribution in [3.8, 4) is 0 Å². The van der Waals surface area contributed by atoms with Crippen molar-refractivity contribution >= 4 is 64.9 Å². The van der Waals surface area contributed by atoms with E-state index in [4.69, 9.17) is 34.8 Å². The molecule has 1 aromatic heterocycles. The molecule has 0 aliphatic carbocycles. The van der Waals surface area contributed by atoms with Gasteiger partial charge in [0.2, 0.25) is 0 Å². The first kappa shape index (κ1) is 8.14. The predicted molar refractivity (Wildman–Crippen MR) is 54.7 cm³/mol. The van der Waals surface area contributed by atoms with Gasteiger partial charge in [0.25, 0.3) is 0 Å². The van der Waals surface area contributed by atoms with Crippen LogP contribution in [0.2, 0.25) is 15.1 Å². The normalized spacial score (nSPS) is 11.2. The van der Waals surface area contributed by atoms with Gasteiger partial charge in [-0.15, -0.1) is 0 Å². The first-order valence-corrected chi connectivity index (χ1v) is 6.00. The first-order valence-electron chi connectivity index (χ1n) is 2.72. The summed E-state index contributed by atoms with van der Waals surface area (Å²) in [6.07, 6.45) is 0. The number of hydrogen-bond acceptors (Lipinski definition) is 2. The highest BCUT2D eigenvalue weighted by atomic mass is 35.5. The Morgan fingerprint density at radius 1 is 0.909 bits per heavy atom. The van der Waals surface area contributed by atoms with Gasteiger partial charge in [-0.2, -0.15) is 0 Å². The van der Waals surface area contributed by atoms with Gasteiger partial charge in [0.1, 0.15) is 0 Å². The fourth-order valence-corrected chi connectivity index (χ4v) is 4.10. The monoisotopic (exact) mass is 242 g/mol. The lowest BCUT2D eigenvalue weighted by Gasteiger charge is -2.04. The Morgan fingerprint density at radius 3 is 2.09 bits per heavy atom. The third kappa shape index (κ3) is 1.18. The molecule has 0 amide bonds. The zero-order valence-electron chi connectivity index (χ0n) is 5.03. The van der Waals surface area contributed by atoms with Crippen molar-refractivity contribution in [1.82, 2.24) is 0 Å². The average Bonchev–Trinajstić information content (AvgIpc) is 1.81. The molecule has 0 aliphatic heterocycles. The van der Waals surface area contributed by atoms with Gasteiger partial charge in [-0.05, 0) is 6.07 Å². The fourth-order valence-electron chi connectivity index (χ4n) is 0.758. The summed E-state index contributed by atoms with van der Waals surface area (Å²) in [6.45, 7) is 0. The lowest BCUT2D eigenvalue weighted by Crippen LogP contribution is -1.74. The number of halogens is 3. The molecule has 0 unspecified atom stereocenters. The number of rotatable bonds is 0. The first-order chi connectivity index (χ1) is 5.20. The largest absolute Gasteiger partial charge is 0.0827 e. The zero-order valence-corrected chi connectivity index (χ0v) is 8.93. The standard InChI is InChI=1S/C6HCl3S2/c7-2-1-3(8)5-6(4(2)9)11-10-5/h1H. The molecule has 0 radical (unpaired) electrons. The third-order valence-corrected chi connectivity index (χ3v) is 5.23. The van der Waals surface area contributed by atoms with Gasteiger partial charge in [0.05, 0.1) is 24.5 Å². The van der Waals surface area contributed by atoms with Gasteiger partial charge in [-0.1, -0.05) is 55.5 Å². The molecule has 0 saturated heterocycles. The summed E-state index contributed by atoms with van der Waals surface area (Å²) in [5.74, 6) is 0. The molecule has 0 fully saturated rings. The summed E-state index contributed by atoms with van der Waals surface area (Å²) in [7, 11) is 3.22. The van der Waals surface area contributed by atoms with Crippen LogP contribution in [0.4, 0.5) is 0 Å². The van der Waals surface area contributed by atoms with Crippen molar-refractivity contribution < 1.29 is 0 Å². The maximum atomic E-state index is 5.88. The molecule has 58 valence electrons. The van der Waals surface area contributed by atoms with Crippen LogP contribution in [0.1, 0.15) is 0 Å². The summed E-state index contributed by atoms with van der Waals surface area (Å²) in [6, 6.07) is 1.68. The number of benzene rings is 1. The molecule has 2 rings (SSSR count). The Hall–Kier alpha value is 0.530. The molecule has 0 nitrogen and oxygen atoms in total. The van der Waals surface area contributed by atoms with E-state index in [9.17, 15) is 0 Å². The number of fused-ring (bicyclic) bond motifs is 1. The van der Waals surface area contributed by atoms with Gasteiger partial charge in [0.15, 0.2) is 0 Å². The molecule has 1 heterocycles. The Balaban J connectivity index is 2.87. The van der Waals surface area contributed by atoms with E-state index in [0.29, 0.717) is 15.1 Å². The van der Waals surface area contributed by atoms with E-state index in [-0.39, 0.29) is 0 Å². The Kier molecular flexibility index (Phi) is 2.06. The Labute approximate surface area is 85.7 Å². The van der Waals surface area contributed by atoms with Crippen molar-refractivity contribution in [1.29, 1.82) is 0 Å². The highest BCUT2D eigenvalue weighted by Crippen LogP contribution is 2.45. The van der Waals surface area contributed by atoms with Gasteiger partial charge >= 0.3 is 0 Å². The van der Waals surface area contributed by atoms with Gasteiger partial charge in [-0.3, -0.25) is 0 Å². The lowest BCUT2D eigenvalue weighted by molar-refractivity contribution is 1.86. The van der Waals surface area contributed by atoms with Crippen molar-refractivity contribution in [2.24, 2.45) is 0 Å². The molecule has 1 aromatic carbocycles. The summed E-state index contributed by atoms with van der Waals surface area (Å²) in [4.78, 5) is 0. The van der Waals surface area contributed by atoms with E-state index in [1.54, 1.807) is 26.7 Å². The van der Waals surface area contributed by atoms with Crippen molar-refractivity contribution in [3.63, 3.8) is 0 Å². The SMILES string of the molecule is Clc1cc(Cl)c2ssc2c1Cl. The maximum Gasteiger partial charge on any atom is 0.0788 e. The van der Waals surface area contributed by atoms with E-state index in [2.05, 4.69) is 0 Å². The lowest BCUT2D eigenvalue weighted by atomic mass is 10.3. The molecular weight excluding hydrogens is 243 g/mol. The summed E-state index contributed by atoms with van der Waals surface area (Å²) >= 11 is 17.5. The van der Waals surface area contributed by atoms with Gasteiger partial charge in [0, 0.05) is 0 Å². The Morgan fingerprint density at radius 2 is 1.55 bits per heavy atom.